The summed E-state index contributed by atoms with van der Waals surface area (Å²) >= 11 is 0. The molecule has 2 N–H and O–H groups in total. The second-order valence-electron chi connectivity index (χ2n) is 5.86. The minimum atomic E-state index is -1.50. The van der Waals surface area contributed by atoms with Crippen molar-refractivity contribution in [3.63, 3.8) is 0 Å². The van der Waals surface area contributed by atoms with Gasteiger partial charge >= 0.3 is 5.97 Å². The van der Waals surface area contributed by atoms with Gasteiger partial charge in [-0.2, -0.15) is 0 Å². The van der Waals surface area contributed by atoms with Crippen molar-refractivity contribution in [1.82, 2.24) is 10.3 Å². The summed E-state index contributed by atoms with van der Waals surface area (Å²) in [6.07, 6.45) is 1.61. The van der Waals surface area contributed by atoms with Gasteiger partial charge in [0.15, 0.2) is 5.54 Å². The number of benzene rings is 2. The normalized spacial score (nSPS) is 18.9. The Morgan fingerprint density at radius 1 is 1.20 bits per heavy atom. The summed E-state index contributed by atoms with van der Waals surface area (Å²) < 4.78 is 19.1. The van der Waals surface area contributed by atoms with E-state index < -0.39 is 17.3 Å². The molecule has 0 bridgehead atoms. The molecular weight excluding hydrogens is 323 g/mol. The molecule has 0 radical (unpaired) electrons. The first kappa shape index (κ1) is 15.4. The average molecular weight is 338 g/mol. The molecule has 0 aliphatic carbocycles. The number of fused-ring (bicyclic) bond motifs is 2. The van der Waals surface area contributed by atoms with E-state index in [1.54, 1.807) is 43.5 Å². The minimum absolute atomic E-state index is 0.162. The van der Waals surface area contributed by atoms with E-state index in [0.29, 0.717) is 27.6 Å². The van der Waals surface area contributed by atoms with Crippen molar-refractivity contribution < 1.29 is 18.7 Å². The third-order valence-electron chi connectivity index (χ3n) is 4.51. The van der Waals surface area contributed by atoms with Crippen LogP contribution in [0.25, 0.3) is 10.9 Å². The van der Waals surface area contributed by atoms with Crippen molar-refractivity contribution in [2.45, 2.75) is 12.5 Å². The molecule has 1 aliphatic rings. The summed E-state index contributed by atoms with van der Waals surface area (Å²) in [5.41, 5.74) is 0.526. The van der Waals surface area contributed by atoms with Crippen LogP contribution in [0.15, 0.2) is 48.7 Å². The van der Waals surface area contributed by atoms with Crippen LogP contribution in [-0.4, -0.2) is 23.5 Å². The molecule has 1 amide bonds. The fraction of sp³-hybridized carbons (Fsp3) is 0.158. The van der Waals surface area contributed by atoms with E-state index in [9.17, 15) is 14.0 Å². The Balaban J connectivity index is 2.05. The summed E-state index contributed by atoms with van der Waals surface area (Å²) in [7, 11) is 0. The molecule has 1 aliphatic heterocycles. The molecule has 2 aromatic carbocycles. The Morgan fingerprint density at radius 3 is 2.80 bits per heavy atom. The number of halogens is 1. The van der Waals surface area contributed by atoms with Crippen molar-refractivity contribution >= 4 is 22.8 Å². The van der Waals surface area contributed by atoms with Crippen LogP contribution in [0.3, 0.4) is 0 Å². The molecule has 25 heavy (non-hydrogen) atoms. The van der Waals surface area contributed by atoms with Gasteiger partial charge < -0.3 is 15.0 Å². The van der Waals surface area contributed by atoms with Crippen LogP contribution in [-0.2, 0) is 15.1 Å². The topological polar surface area (TPSA) is 71.2 Å². The Hall–Kier alpha value is -3.15. The van der Waals surface area contributed by atoms with Crippen molar-refractivity contribution in [2.24, 2.45) is 0 Å². The first-order valence-electron chi connectivity index (χ1n) is 7.94. The SMILES string of the molecule is CCOC(=O)C1(c2c[nH]c3ccc(F)cc23)NC(=O)c2ccccc21. The van der Waals surface area contributed by atoms with Gasteiger partial charge in [0.25, 0.3) is 5.91 Å². The highest BCUT2D eigenvalue weighted by Crippen LogP contribution is 2.41. The van der Waals surface area contributed by atoms with Crippen molar-refractivity contribution in [3.8, 4) is 0 Å². The summed E-state index contributed by atoms with van der Waals surface area (Å²) in [5.74, 6) is -1.39. The number of amides is 1. The molecular formula is C19H15FN2O3. The molecule has 0 fully saturated rings. The molecule has 0 spiro atoms. The van der Waals surface area contributed by atoms with E-state index in [-0.39, 0.29) is 12.5 Å². The Bertz CT molecular complexity index is 1010. The maximum atomic E-state index is 13.8. The van der Waals surface area contributed by atoms with Gasteiger partial charge in [0, 0.05) is 33.8 Å². The first-order valence-corrected chi connectivity index (χ1v) is 7.94. The zero-order valence-electron chi connectivity index (χ0n) is 13.4. The van der Waals surface area contributed by atoms with Crippen LogP contribution >= 0.6 is 0 Å². The maximum absolute atomic E-state index is 13.8. The highest BCUT2D eigenvalue weighted by molar-refractivity contribution is 6.09. The van der Waals surface area contributed by atoms with Gasteiger partial charge in [-0.25, -0.2) is 9.18 Å². The number of aromatic amines is 1. The molecule has 1 unspecified atom stereocenters. The fourth-order valence-electron chi connectivity index (χ4n) is 3.44. The Labute approximate surface area is 142 Å². The highest BCUT2D eigenvalue weighted by atomic mass is 19.1. The van der Waals surface area contributed by atoms with Gasteiger partial charge in [-0.3, -0.25) is 4.79 Å². The zero-order valence-corrected chi connectivity index (χ0v) is 13.4. The zero-order chi connectivity index (χ0) is 17.6. The van der Waals surface area contributed by atoms with Crippen LogP contribution in [0.5, 0.6) is 0 Å². The lowest BCUT2D eigenvalue weighted by Gasteiger charge is -2.27. The van der Waals surface area contributed by atoms with Gasteiger partial charge in [0.05, 0.1) is 6.61 Å². The number of ether oxygens (including phenoxy) is 1. The second-order valence-corrected chi connectivity index (χ2v) is 5.86. The predicted octanol–water partition coefficient (Wildman–Crippen LogP) is 2.86. The van der Waals surface area contributed by atoms with E-state index in [4.69, 9.17) is 4.74 Å². The molecule has 0 saturated heterocycles. The largest absolute Gasteiger partial charge is 0.464 e. The number of H-pyrrole nitrogens is 1. The van der Waals surface area contributed by atoms with E-state index in [2.05, 4.69) is 10.3 Å². The Kier molecular flexibility index (Phi) is 3.35. The number of nitrogens with one attached hydrogen (secondary N) is 2. The minimum Gasteiger partial charge on any atom is -0.464 e. The molecule has 126 valence electrons. The lowest BCUT2D eigenvalue weighted by molar-refractivity contribution is -0.149. The van der Waals surface area contributed by atoms with Crippen LogP contribution in [0.4, 0.5) is 4.39 Å². The molecule has 1 atom stereocenters. The number of hydrogen-bond donors (Lipinski definition) is 2. The lowest BCUT2D eigenvalue weighted by Crippen LogP contribution is -2.48. The van der Waals surface area contributed by atoms with E-state index in [1.807, 2.05) is 0 Å². The van der Waals surface area contributed by atoms with Gasteiger partial charge in [-0.15, -0.1) is 0 Å². The first-order chi connectivity index (χ1) is 12.1. The molecule has 3 aromatic rings. The monoisotopic (exact) mass is 338 g/mol. The van der Waals surface area contributed by atoms with E-state index in [0.717, 1.165) is 0 Å². The van der Waals surface area contributed by atoms with Crippen LogP contribution in [0, 0.1) is 5.82 Å². The smallest absolute Gasteiger partial charge is 0.341 e. The van der Waals surface area contributed by atoms with Crippen LogP contribution in [0.2, 0.25) is 0 Å². The lowest BCUT2D eigenvalue weighted by atomic mass is 9.83. The van der Waals surface area contributed by atoms with Gasteiger partial charge in [0.2, 0.25) is 0 Å². The maximum Gasteiger partial charge on any atom is 0.341 e. The molecule has 1 aromatic heterocycles. The Morgan fingerprint density at radius 2 is 2.00 bits per heavy atom. The predicted molar refractivity (Wildman–Crippen MR) is 89.6 cm³/mol. The van der Waals surface area contributed by atoms with Gasteiger partial charge in [-0.05, 0) is 31.2 Å². The van der Waals surface area contributed by atoms with Gasteiger partial charge in [0.1, 0.15) is 5.82 Å². The van der Waals surface area contributed by atoms with Crippen LogP contribution < -0.4 is 5.32 Å². The molecule has 2 heterocycles. The molecule has 0 saturated carbocycles. The number of carbonyl (C=O) groups is 2. The highest BCUT2D eigenvalue weighted by Gasteiger charge is 2.52. The van der Waals surface area contributed by atoms with Gasteiger partial charge in [-0.1, -0.05) is 18.2 Å². The second kappa shape index (κ2) is 5.44. The summed E-state index contributed by atoms with van der Waals surface area (Å²) in [4.78, 5) is 28.5. The van der Waals surface area contributed by atoms with Crippen molar-refractivity contribution in [1.29, 1.82) is 0 Å². The number of rotatable bonds is 3. The third-order valence-corrected chi connectivity index (χ3v) is 4.51. The standard InChI is InChI=1S/C19H15FN2O3/c1-2-25-18(24)19(14-6-4-3-5-12(14)17(23)22-19)15-10-21-16-8-7-11(20)9-13(15)16/h3-10,21H,2H2,1H3,(H,22,23). The van der Waals surface area contributed by atoms with E-state index >= 15 is 0 Å². The van der Waals surface area contributed by atoms with E-state index in [1.165, 1.54) is 12.1 Å². The van der Waals surface area contributed by atoms with Crippen molar-refractivity contribution in [2.75, 3.05) is 6.61 Å². The summed E-state index contributed by atoms with van der Waals surface area (Å²) in [5, 5.41) is 3.29. The average Bonchev–Trinajstić information content (AvgIpc) is 3.15. The summed E-state index contributed by atoms with van der Waals surface area (Å²) in [6, 6.07) is 11.1. The van der Waals surface area contributed by atoms with Crippen LogP contribution in [0.1, 0.15) is 28.4 Å². The number of hydrogen-bond acceptors (Lipinski definition) is 3. The number of carbonyl (C=O) groups excluding carboxylic acids is 2. The summed E-state index contributed by atoms with van der Waals surface area (Å²) in [6.45, 7) is 1.86. The molecule has 4 rings (SSSR count). The number of esters is 1. The fourth-order valence-corrected chi connectivity index (χ4v) is 3.44. The molecule has 5 nitrogen and oxygen atoms in total. The quantitative estimate of drug-likeness (QED) is 0.722. The van der Waals surface area contributed by atoms with Crippen molar-refractivity contribution in [3.05, 3.63) is 71.2 Å². The molecule has 6 heteroatoms. The third kappa shape index (κ3) is 2.07. The number of aromatic nitrogens is 1.